The predicted molar refractivity (Wildman–Crippen MR) is 97.4 cm³/mol. The number of carbonyl (C=O) groups is 2. The number of rotatable bonds is 6. The van der Waals surface area contributed by atoms with Gasteiger partial charge in [-0.25, -0.2) is 0 Å². The van der Waals surface area contributed by atoms with Crippen LogP contribution in [-0.4, -0.2) is 35.0 Å². The predicted octanol–water partition coefficient (Wildman–Crippen LogP) is 4.46. The summed E-state index contributed by atoms with van der Waals surface area (Å²) in [4.78, 5) is 29.2. The van der Waals surface area contributed by atoms with Gasteiger partial charge in [0.05, 0.1) is 22.3 Å². The van der Waals surface area contributed by atoms with Gasteiger partial charge < -0.3 is 4.98 Å². The summed E-state index contributed by atoms with van der Waals surface area (Å²) in [6, 6.07) is 5.42. The molecular formula is C18H20Cl2N2O2. The Labute approximate surface area is 151 Å². The lowest BCUT2D eigenvalue weighted by molar-refractivity contribution is 0.0938. The van der Waals surface area contributed by atoms with Gasteiger partial charge in [-0.2, -0.15) is 0 Å². The minimum absolute atomic E-state index is 0.0375. The van der Waals surface area contributed by atoms with Crippen molar-refractivity contribution in [1.29, 1.82) is 0 Å². The quantitative estimate of drug-likeness (QED) is 0.768. The molecule has 0 bridgehead atoms. The molecule has 0 aliphatic rings. The molecule has 6 heteroatoms. The number of likely N-dealkylation sites (N-methyl/N-ethyl adjacent to an activating group) is 1. The lowest BCUT2D eigenvalue weighted by Crippen LogP contribution is -2.26. The first-order valence-corrected chi connectivity index (χ1v) is 8.32. The molecule has 1 aromatic heterocycles. The molecule has 0 radical (unpaired) electrons. The third-order valence-electron chi connectivity index (χ3n) is 3.92. The maximum atomic E-state index is 12.5. The highest BCUT2D eigenvalue weighted by atomic mass is 35.5. The third kappa shape index (κ3) is 4.07. The van der Waals surface area contributed by atoms with Crippen molar-refractivity contribution in [2.24, 2.45) is 0 Å². The Hall–Kier alpha value is -1.62. The van der Waals surface area contributed by atoms with Crippen molar-refractivity contribution < 1.29 is 9.59 Å². The summed E-state index contributed by atoms with van der Waals surface area (Å²) in [6.07, 6.45) is 0. The van der Waals surface area contributed by atoms with Gasteiger partial charge >= 0.3 is 0 Å². The van der Waals surface area contributed by atoms with Gasteiger partial charge in [-0.15, -0.1) is 0 Å². The third-order valence-corrected chi connectivity index (χ3v) is 4.66. The lowest BCUT2D eigenvalue weighted by atomic mass is 10.1. The van der Waals surface area contributed by atoms with Crippen molar-refractivity contribution in [2.75, 3.05) is 13.6 Å². The van der Waals surface area contributed by atoms with Crippen molar-refractivity contribution in [3.05, 3.63) is 56.3 Å². The van der Waals surface area contributed by atoms with E-state index in [9.17, 15) is 9.59 Å². The Morgan fingerprint density at radius 2 is 1.83 bits per heavy atom. The van der Waals surface area contributed by atoms with Crippen LogP contribution < -0.4 is 0 Å². The van der Waals surface area contributed by atoms with Crippen LogP contribution in [0.15, 0.2) is 18.2 Å². The number of aromatic amines is 1. The van der Waals surface area contributed by atoms with E-state index >= 15 is 0 Å². The maximum Gasteiger partial charge on any atom is 0.193 e. The molecule has 24 heavy (non-hydrogen) atoms. The van der Waals surface area contributed by atoms with Gasteiger partial charge in [0.25, 0.3) is 0 Å². The molecule has 0 saturated heterocycles. The number of nitrogens with one attached hydrogen (secondary N) is 1. The molecule has 2 aromatic rings. The highest BCUT2D eigenvalue weighted by molar-refractivity contribution is 6.42. The molecule has 0 spiro atoms. The van der Waals surface area contributed by atoms with Crippen LogP contribution in [0.3, 0.4) is 0 Å². The van der Waals surface area contributed by atoms with Crippen molar-refractivity contribution in [3.63, 3.8) is 0 Å². The number of ketones is 2. The van der Waals surface area contributed by atoms with Crippen LogP contribution >= 0.6 is 23.2 Å². The second kappa shape index (κ2) is 7.51. The first-order valence-electron chi connectivity index (χ1n) is 7.56. The minimum Gasteiger partial charge on any atom is -0.355 e. The van der Waals surface area contributed by atoms with Crippen LogP contribution in [-0.2, 0) is 6.54 Å². The Balaban J connectivity index is 2.10. The average molecular weight is 367 g/mol. The van der Waals surface area contributed by atoms with E-state index in [-0.39, 0.29) is 18.1 Å². The largest absolute Gasteiger partial charge is 0.355 e. The van der Waals surface area contributed by atoms with Gasteiger partial charge in [0.1, 0.15) is 0 Å². The number of hydrogen-bond donors (Lipinski definition) is 1. The summed E-state index contributed by atoms with van der Waals surface area (Å²) < 4.78 is 0. The smallest absolute Gasteiger partial charge is 0.193 e. The average Bonchev–Trinajstić information content (AvgIpc) is 2.78. The van der Waals surface area contributed by atoms with E-state index in [2.05, 4.69) is 4.98 Å². The van der Waals surface area contributed by atoms with Gasteiger partial charge in [0, 0.05) is 17.8 Å². The number of benzene rings is 1. The number of Topliss-reactive ketones (excluding diaryl/α,β-unsaturated/α-hetero) is 2. The number of aromatic nitrogens is 1. The maximum absolute atomic E-state index is 12.5. The summed E-state index contributed by atoms with van der Waals surface area (Å²) in [5.41, 5.74) is 3.52. The summed E-state index contributed by atoms with van der Waals surface area (Å²) in [5, 5.41) is 1.00. The fourth-order valence-electron chi connectivity index (χ4n) is 2.89. The molecule has 1 heterocycles. The van der Waals surface area contributed by atoms with Crippen LogP contribution in [0.2, 0.25) is 10.0 Å². The second-order valence-corrected chi connectivity index (χ2v) is 6.84. The van der Waals surface area contributed by atoms with E-state index in [0.717, 1.165) is 11.3 Å². The Kier molecular flexibility index (Phi) is 5.86. The van der Waals surface area contributed by atoms with Crippen LogP contribution in [0.4, 0.5) is 0 Å². The number of hydrogen-bond acceptors (Lipinski definition) is 3. The number of H-pyrrole nitrogens is 1. The van der Waals surface area contributed by atoms with E-state index in [4.69, 9.17) is 23.2 Å². The van der Waals surface area contributed by atoms with Crippen molar-refractivity contribution in [1.82, 2.24) is 9.88 Å². The Bertz CT molecular complexity index is 797. The SMILES string of the molecule is CC(=O)c1c(C)[nH]c(C(=O)CN(C)Cc2ccc(Cl)c(Cl)c2)c1C. The van der Waals surface area contributed by atoms with E-state index in [0.29, 0.717) is 33.4 Å². The molecule has 0 aliphatic heterocycles. The topological polar surface area (TPSA) is 53.2 Å². The summed E-state index contributed by atoms with van der Waals surface area (Å²) in [6.45, 7) is 5.92. The van der Waals surface area contributed by atoms with E-state index < -0.39 is 0 Å². The molecule has 0 amide bonds. The second-order valence-electron chi connectivity index (χ2n) is 6.03. The van der Waals surface area contributed by atoms with E-state index in [1.807, 2.05) is 18.0 Å². The van der Waals surface area contributed by atoms with Crippen LogP contribution in [0.25, 0.3) is 0 Å². The first kappa shape index (κ1) is 18.7. The monoisotopic (exact) mass is 366 g/mol. The highest BCUT2D eigenvalue weighted by Crippen LogP contribution is 2.23. The molecule has 0 aliphatic carbocycles. The van der Waals surface area contributed by atoms with Gasteiger partial charge in [-0.3, -0.25) is 14.5 Å². The van der Waals surface area contributed by atoms with Crippen molar-refractivity contribution in [2.45, 2.75) is 27.3 Å². The van der Waals surface area contributed by atoms with Crippen LogP contribution in [0.1, 0.15) is 44.6 Å². The van der Waals surface area contributed by atoms with Crippen LogP contribution in [0.5, 0.6) is 0 Å². The summed E-state index contributed by atoms with van der Waals surface area (Å²) in [7, 11) is 1.86. The molecule has 1 aromatic carbocycles. The highest BCUT2D eigenvalue weighted by Gasteiger charge is 2.20. The molecule has 0 atom stereocenters. The standard InChI is InChI=1S/C18H20Cl2N2O2/c1-10-17(12(3)23)11(2)21-18(10)16(24)9-22(4)8-13-5-6-14(19)15(20)7-13/h5-7,21H,8-9H2,1-4H3. The van der Waals surface area contributed by atoms with Crippen molar-refractivity contribution in [3.8, 4) is 0 Å². The molecule has 0 saturated carbocycles. The molecule has 2 rings (SSSR count). The zero-order valence-electron chi connectivity index (χ0n) is 14.2. The molecular weight excluding hydrogens is 347 g/mol. The van der Waals surface area contributed by atoms with E-state index in [1.54, 1.807) is 26.0 Å². The number of nitrogens with zero attached hydrogens (tertiary/aromatic N) is 1. The van der Waals surface area contributed by atoms with E-state index in [1.165, 1.54) is 6.92 Å². The molecule has 0 unspecified atom stereocenters. The van der Waals surface area contributed by atoms with Gasteiger partial charge in [-0.1, -0.05) is 29.3 Å². The fraction of sp³-hybridized carbons (Fsp3) is 0.333. The van der Waals surface area contributed by atoms with Crippen LogP contribution in [0, 0.1) is 13.8 Å². The number of aryl methyl sites for hydroxylation is 1. The Morgan fingerprint density at radius 1 is 1.17 bits per heavy atom. The van der Waals surface area contributed by atoms with Gasteiger partial charge in [0.15, 0.2) is 11.6 Å². The number of carbonyl (C=O) groups excluding carboxylic acids is 2. The normalized spacial score (nSPS) is 11.1. The lowest BCUT2D eigenvalue weighted by Gasteiger charge is -2.16. The molecule has 4 nitrogen and oxygen atoms in total. The summed E-state index contributed by atoms with van der Waals surface area (Å²) in [5.74, 6) is -0.0879. The first-order chi connectivity index (χ1) is 11.2. The minimum atomic E-state index is -0.0503. The van der Waals surface area contributed by atoms with Gasteiger partial charge in [-0.05, 0) is 51.1 Å². The molecule has 0 fully saturated rings. The summed E-state index contributed by atoms with van der Waals surface area (Å²) >= 11 is 11.9. The molecule has 1 N–H and O–H groups in total. The zero-order chi connectivity index (χ0) is 18.0. The number of halogens is 2. The van der Waals surface area contributed by atoms with Crippen molar-refractivity contribution >= 4 is 34.8 Å². The molecule has 128 valence electrons. The Morgan fingerprint density at radius 3 is 2.38 bits per heavy atom. The fourth-order valence-corrected chi connectivity index (χ4v) is 3.21. The van der Waals surface area contributed by atoms with Gasteiger partial charge in [0.2, 0.25) is 0 Å². The zero-order valence-corrected chi connectivity index (χ0v) is 15.7.